The van der Waals surface area contributed by atoms with E-state index in [0.717, 1.165) is 4.90 Å². The molecule has 0 N–H and O–H groups in total. The number of nitrogens with zero attached hydrogens (tertiary/aromatic N) is 2. The van der Waals surface area contributed by atoms with Crippen LogP contribution in [0.5, 0.6) is 0 Å². The number of esters is 2. The molecular formula is C19H20N2O7. The minimum atomic E-state index is -0.797. The number of ketones is 1. The van der Waals surface area contributed by atoms with E-state index < -0.39 is 30.8 Å². The van der Waals surface area contributed by atoms with Crippen molar-refractivity contribution in [2.75, 3.05) is 38.3 Å². The van der Waals surface area contributed by atoms with Gasteiger partial charge < -0.3 is 14.4 Å². The highest BCUT2D eigenvalue weighted by Gasteiger charge is 2.37. The quantitative estimate of drug-likeness (QED) is 0.522. The number of carbonyl (C=O) groups is 5. The standard InChI is InChI=1S/C19H20N2O7/c1-27-19(26)12-6-8-20(9-7-12)15(22)11-28-16(23)10-21-14-5-3-2-4-13(14)17(24)18(21)25/h2-5,12H,6-11H2,1H3. The molecule has 28 heavy (non-hydrogen) atoms. The number of Topliss-reactive ketones (excluding diaryl/α,β-unsaturated/α-hetero) is 1. The van der Waals surface area contributed by atoms with E-state index in [0.29, 0.717) is 31.6 Å². The molecule has 1 aromatic carbocycles. The Balaban J connectivity index is 1.49. The molecule has 148 valence electrons. The van der Waals surface area contributed by atoms with Crippen LogP contribution in [-0.4, -0.2) is 67.8 Å². The highest BCUT2D eigenvalue weighted by molar-refractivity contribution is 6.52. The molecule has 0 aromatic heterocycles. The maximum Gasteiger partial charge on any atom is 0.326 e. The molecule has 0 saturated carbocycles. The molecule has 0 atom stereocenters. The molecule has 0 spiro atoms. The number of para-hydroxylation sites is 1. The van der Waals surface area contributed by atoms with Gasteiger partial charge in [0.2, 0.25) is 0 Å². The number of methoxy groups -OCH3 is 1. The van der Waals surface area contributed by atoms with Crippen molar-refractivity contribution < 1.29 is 33.4 Å². The number of likely N-dealkylation sites (tertiary alicyclic amines) is 1. The molecule has 9 nitrogen and oxygen atoms in total. The predicted octanol–water partition coefficient (Wildman–Crippen LogP) is 0.171. The number of piperidine rings is 1. The molecule has 2 amide bonds. The van der Waals surface area contributed by atoms with Crippen LogP contribution in [-0.2, 0) is 28.7 Å². The van der Waals surface area contributed by atoms with Gasteiger partial charge in [-0.15, -0.1) is 0 Å². The van der Waals surface area contributed by atoms with Crippen LogP contribution in [0.2, 0.25) is 0 Å². The van der Waals surface area contributed by atoms with Crippen LogP contribution >= 0.6 is 0 Å². The van der Waals surface area contributed by atoms with Gasteiger partial charge in [-0.1, -0.05) is 12.1 Å². The summed E-state index contributed by atoms with van der Waals surface area (Å²) in [6.45, 7) is -0.149. The van der Waals surface area contributed by atoms with Gasteiger partial charge in [-0.2, -0.15) is 0 Å². The summed E-state index contributed by atoms with van der Waals surface area (Å²) in [4.78, 5) is 62.3. The summed E-state index contributed by atoms with van der Waals surface area (Å²) in [5.74, 6) is -3.14. The predicted molar refractivity (Wildman–Crippen MR) is 95.4 cm³/mol. The Hall–Kier alpha value is -3.23. The number of benzene rings is 1. The monoisotopic (exact) mass is 388 g/mol. The first-order valence-corrected chi connectivity index (χ1v) is 8.88. The number of hydrogen-bond donors (Lipinski definition) is 0. The second-order valence-corrected chi connectivity index (χ2v) is 6.58. The minimum Gasteiger partial charge on any atom is -0.469 e. The fraction of sp³-hybridized carbons (Fsp3) is 0.421. The van der Waals surface area contributed by atoms with E-state index >= 15 is 0 Å². The molecule has 0 radical (unpaired) electrons. The number of amides is 2. The molecule has 0 bridgehead atoms. The fourth-order valence-corrected chi connectivity index (χ4v) is 3.34. The van der Waals surface area contributed by atoms with Crippen molar-refractivity contribution >= 4 is 35.2 Å². The highest BCUT2D eigenvalue weighted by atomic mass is 16.5. The Morgan fingerprint density at radius 3 is 2.46 bits per heavy atom. The second-order valence-electron chi connectivity index (χ2n) is 6.58. The Morgan fingerprint density at radius 1 is 1.11 bits per heavy atom. The largest absolute Gasteiger partial charge is 0.469 e. The molecule has 9 heteroatoms. The fourth-order valence-electron chi connectivity index (χ4n) is 3.34. The van der Waals surface area contributed by atoms with Crippen LogP contribution in [0.15, 0.2) is 24.3 Å². The summed E-state index contributed by atoms with van der Waals surface area (Å²) < 4.78 is 9.69. The van der Waals surface area contributed by atoms with Crippen molar-refractivity contribution in [3.8, 4) is 0 Å². The van der Waals surface area contributed by atoms with Crippen LogP contribution in [0, 0.1) is 5.92 Å². The third-order valence-electron chi connectivity index (χ3n) is 4.90. The van der Waals surface area contributed by atoms with Gasteiger partial charge in [-0.25, -0.2) is 0 Å². The van der Waals surface area contributed by atoms with Crippen molar-refractivity contribution in [1.82, 2.24) is 4.90 Å². The average Bonchev–Trinajstić information content (AvgIpc) is 2.96. The molecule has 2 heterocycles. The lowest BCUT2D eigenvalue weighted by molar-refractivity contribution is -0.153. The van der Waals surface area contributed by atoms with E-state index in [9.17, 15) is 24.0 Å². The number of carbonyl (C=O) groups excluding carboxylic acids is 5. The van der Waals surface area contributed by atoms with Crippen molar-refractivity contribution in [1.29, 1.82) is 0 Å². The van der Waals surface area contributed by atoms with Gasteiger partial charge in [0.25, 0.3) is 17.6 Å². The van der Waals surface area contributed by atoms with E-state index in [-0.39, 0.29) is 23.4 Å². The zero-order chi connectivity index (χ0) is 20.3. The van der Waals surface area contributed by atoms with E-state index in [1.165, 1.54) is 18.1 Å². The van der Waals surface area contributed by atoms with E-state index in [4.69, 9.17) is 9.47 Å². The van der Waals surface area contributed by atoms with E-state index in [1.807, 2.05) is 0 Å². The summed E-state index contributed by atoms with van der Waals surface area (Å²) in [6.07, 6.45) is 0.987. The molecular weight excluding hydrogens is 368 g/mol. The van der Waals surface area contributed by atoms with Crippen molar-refractivity contribution in [3.05, 3.63) is 29.8 Å². The van der Waals surface area contributed by atoms with Crippen LogP contribution in [0.1, 0.15) is 23.2 Å². The molecule has 1 saturated heterocycles. The molecule has 1 aromatic rings. The molecule has 3 rings (SSSR count). The maximum atomic E-state index is 12.2. The summed E-state index contributed by atoms with van der Waals surface area (Å²) >= 11 is 0. The van der Waals surface area contributed by atoms with Gasteiger partial charge in [-0.3, -0.25) is 28.9 Å². The first kappa shape index (κ1) is 19.5. The molecule has 0 aliphatic carbocycles. The van der Waals surface area contributed by atoms with E-state index in [2.05, 4.69) is 0 Å². The Kier molecular flexibility index (Phi) is 5.72. The third-order valence-corrected chi connectivity index (χ3v) is 4.90. The maximum absolute atomic E-state index is 12.2. The SMILES string of the molecule is COC(=O)C1CCN(C(=O)COC(=O)CN2C(=O)C(=O)c3ccccc32)CC1. The molecule has 2 aliphatic rings. The van der Waals surface area contributed by atoms with Crippen LogP contribution in [0.4, 0.5) is 5.69 Å². The summed E-state index contributed by atoms with van der Waals surface area (Å²) in [7, 11) is 1.33. The topological polar surface area (TPSA) is 110 Å². The summed E-state index contributed by atoms with van der Waals surface area (Å²) in [5.41, 5.74) is 0.593. The van der Waals surface area contributed by atoms with Crippen LogP contribution in [0.3, 0.4) is 0 Å². The summed E-state index contributed by atoms with van der Waals surface area (Å²) in [6, 6.07) is 6.38. The number of anilines is 1. The van der Waals surface area contributed by atoms with Crippen molar-refractivity contribution in [2.45, 2.75) is 12.8 Å². The van der Waals surface area contributed by atoms with Crippen LogP contribution in [0.25, 0.3) is 0 Å². The van der Waals surface area contributed by atoms with Gasteiger partial charge in [0.15, 0.2) is 6.61 Å². The number of hydrogen-bond acceptors (Lipinski definition) is 7. The lowest BCUT2D eigenvalue weighted by Gasteiger charge is -2.30. The lowest BCUT2D eigenvalue weighted by Crippen LogP contribution is -2.43. The Bertz CT molecular complexity index is 827. The second kappa shape index (κ2) is 8.20. The Morgan fingerprint density at radius 2 is 1.79 bits per heavy atom. The van der Waals surface area contributed by atoms with Crippen molar-refractivity contribution in [2.24, 2.45) is 5.92 Å². The smallest absolute Gasteiger partial charge is 0.326 e. The van der Waals surface area contributed by atoms with Gasteiger partial charge in [-0.05, 0) is 25.0 Å². The summed E-state index contributed by atoms with van der Waals surface area (Å²) in [5, 5.41) is 0. The van der Waals surface area contributed by atoms with Crippen LogP contribution < -0.4 is 4.90 Å². The zero-order valence-electron chi connectivity index (χ0n) is 15.4. The first-order valence-electron chi connectivity index (χ1n) is 8.88. The molecule has 1 fully saturated rings. The number of ether oxygens (including phenoxy) is 2. The lowest BCUT2D eigenvalue weighted by atomic mass is 9.97. The average molecular weight is 388 g/mol. The van der Waals surface area contributed by atoms with Gasteiger partial charge in [0.05, 0.1) is 24.3 Å². The Labute approximate surface area is 161 Å². The number of fused-ring (bicyclic) bond motifs is 1. The molecule has 2 aliphatic heterocycles. The van der Waals surface area contributed by atoms with Gasteiger partial charge >= 0.3 is 11.9 Å². The van der Waals surface area contributed by atoms with Gasteiger partial charge in [0.1, 0.15) is 6.54 Å². The number of rotatable bonds is 5. The highest BCUT2D eigenvalue weighted by Crippen LogP contribution is 2.28. The van der Waals surface area contributed by atoms with E-state index in [1.54, 1.807) is 18.2 Å². The normalized spacial score (nSPS) is 16.8. The minimum absolute atomic E-state index is 0.226. The van der Waals surface area contributed by atoms with Crippen molar-refractivity contribution in [3.63, 3.8) is 0 Å². The zero-order valence-corrected chi connectivity index (χ0v) is 15.4. The third kappa shape index (κ3) is 3.88. The first-order chi connectivity index (χ1) is 13.4. The van der Waals surface area contributed by atoms with Gasteiger partial charge in [0, 0.05) is 13.1 Å². The molecule has 0 unspecified atom stereocenters.